The van der Waals surface area contributed by atoms with Gasteiger partial charge in [0.2, 0.25) is 5.78 Å². The van der Waals surface area contributed by atoms with Crippen molar-refractivity contribution in [3.63, 3.8) is 0 Å². The molecule has 0 bridgehead atoms. The Labute approximate surface area is 155 Å². The number of para-hydroxylation sites is 1. The average molecular weight is 355 g/mol. The lowest BCUT2D eigenvalue weighted by Crippen LogP contribution is -1.98. The monoisotopic (exact) mass is 355 g/mol. The van der Waals surface area contributed by atoms with E-state index in [1.165, 1.54) is 17.6 Å². The van der Waals surface area contributed by atoms with Crippen LogP contribution in [0.3, 0.4) is 0 Å². The summed E-state index contributed by atoms with van der Waals surface area (Å²) in [5.74, 6) is 0.586. The number of benzene rings is 3. The fourth-order valence-electron chi connectivity index (χ4n) is 3.90. The molecule has 0 saturated heterocycles. The van der Waals surface area contributed by atoms with E-state index in [0.717, 1.165) is 28.4 Å². The van der Waals surface area contributed by atoms with Crippen molar-refractivity contribution in [2.45, 2.75) is 13.5 Å². The zero-order chi connectivity index (χ0) is 18.5. The van der Waals surface area contributed by atoms with Gasteiger partial charge in [0.25, 0.3) is 0 Å². The van der Waals surface area contributed by atoms with Crippen LogP contribution in [0, 0.1) is 0 Å². The summed E-state index contributed by atoms with van der Waals surface area (Å²) < 4.78 is 8.02. The first-order valence-corrected chi connectivity index (χ1v) is 8.94. The van der Waals surface area contributed by atoms with Crippen LogP contribution in [0.5, 0.6) is 11.5 Å². The van der Waals surface area contributed by atoms with Gasteiger partial charge in [-0.1, -0.05) is 30.3 Å². The van der Waals surface area contributed by atoms with Gasteiger partial charge < -0.3 is 14.4 Å². The SMILES string of the molecule is CCn1c2ccccc2c2c(/C=C3\Oc4cc(O)ccc4C3=O)cccc21. The van der Waals surface area contributed by atoms with E-state index < -0.39 is 0 Å². The number of phenols is 1. The number of rotatable bonds is 2. The Balaban J connectivity index is 1.73. The molecule has 5 rings (SSSR count). The quantitative estimate of drug-likeness (QED) is 0.507. The predicted octanol–water partition coefficient (Wildman–Crippen LogP) is 5.14. The normalized spacial score (nSPS) is 14.9. The van der Waals surface area contributed by atoms with E-state index in [4.69, 9.17) is 4.74 Å². The van der Waals surface area contributed by atoms with Crippen molar-refractivity contribution in [1.82, 2.24) is 4.57 Å². The third-order valence-electron chi connectivity index (χ3n) is 5.09. The number of ketones is 1. The molecule has 132 valence electrons. The molecule has 0 radical (unpaired) electrons. The molecular formula is C23H17NO3. The van der Waals surface area contributed by atoms with Crippen molar-refractivity contribution in [2.75, 3.05) is 0 Å². The lowest BCUT2D eigenvalue weighted by atomic mass is 10.0. The van der Waals surface area contributed by atoms with Crippen LogP contribution in [0.25, 0.3) is 27.9 Å². The molecule has 0 unspecified atom stereocenters. The van der Waals surface area contributed by atoms with Gasteiger partial charge in [-0.2, -0.15) is 0 Å². The fourth-order valence-corrected chi connectivity index (χ4v) is 3.90. The fraction of sp³-hybridized carbons (Fsp3) is 0.0870. The Hall–Kier alpha value is -3.53. The minimum Gasteiger partial charge on any atom is -0.508 e. The number of phenolic OH excluding ortho intramolecular Hbond substituents is 1. The van der Waals surface area contributed by atoms with Crippen molar-refractivity contribution in [3.05, 3.63) is 77.5 Å². The Morgan fingerprint density at radius 3 is 2.70 bits per heavy atom. The second-order valence-corrected chi connectivity index (χ2v) is 6.62. The Kier molecular flexibility index (Phi) is 3.34. The molecule has 0 spiro atoms. The molecule has 0 amide bonds. The van der Waals surface area contributed by atoms with E-state index in [2.05, 4.69) is 29.7 Å². The number of hydrogen-bond donors (Lipinski definition) is 1. The minimum absolute atomic E-state index is 0.0796. The highest BCUT2D eigenvalue weighted by Gasteiger charge is 2.28. The second kappa shape index (κ2) is 5.74. The largest absolute Gasteiger partial charge is 0.508 e. The van der Waals surface area contributed by atoms with E-state index in [1.807, 2.05) is 24.3 Å². The summed E-state index contributed by atoms with van der Waals surface area (Å²) in [6, 6.07) is 19.0. The summed E-state index contributed by atoms with van der Waals surface area (Å²) >= 11 is 0. The van der Waals surface area contributed by atoms with Crippen molar-refractivity contribution in [3.8, 4) is 11.5 Å². The summed E-state index contributed by atoms with van der Waals surface area (Å²) in [5.41, 5.74) is 3.72. The van der Waals surface area contributed by atoms with E-state index in [0.29, 0.717) is 11.3 Å². The van der Waals surface area contributed by atoms with Crippen LogP contribution in [0.15, 0.2) is 66.4 Å². The third kappa shape index (κ3) is 2.27. The molecule has 0 atom stereocenters. The smallest absolute Gasteiger partial charge is 0.231 e. The summed E-state index contributed by atoms with van der Waals surface area (Å²) in [6.45, 7) is 2.99. The maximum absolute atomic E-state index is 12.7. The van der Waals surface area contributed by atoms with Crippen LogP contribution in [0.4, 0.5) is 0 Å². The highest BCUT2D eigenvalue weighted by atomic mass is 16.5. The number of aromatic nitrogens is 1. The number of fused-ring (bicyclic) bond motifs is 4. The predicted molar refractivity (Wildman–Crippen MR) is 106 cm³/mol. The summed E-state index contributed by atoms with van der Waals surface area (Å²) in [7, 11) is 0. The molecule has 3 aromatic carbocycles. The van der Waals surface area contributed by atoms with Crippen LogP contribution in [0.2, 0.25) is 0 Å². The lowest BCUT2D eigenvalue weighted by Gasteiger charge is -2.04. The molecule has 1 aromatic heterocycles. The van der Waals surface area contributed by atoms with E-state index >= 15 is 0 Å². The zero-order valence-electron chi connectivity index (χ0n) is 14.8. The molecule has 0 fully saturated rings. The van der Waals surface area contributed by atoms with E-state index in [-0.39, 0.29) is 17.3 Å². The van der Waals surface area contributed by atoms with Crippen molar-refractivity contribution >= 4 is 33.7 Å². The topological polar surface area (TPSA) is 51.5 Å². The van der Waals surface area contributed by atoms with Crippen molar-refractivity contribution in [1.29, 1.82) is 0 Å². The molecule has 1 aliphatic heterocycles. The first-order chi connectivity index (χ1) is 13.2. The number of Topliss-reactive ketones (excluding diaryl/α,β-unsaturated/α-hetero) is 1. The number of aromatic hydroxyl groups is 1. The van der Waals surface area contributed by atoms with Gasteiger partial charge in [0, 0.05) is 34.4 Å². The molecule has 4 heteroatoms. The summed E-state index contributed by atoms with van der Waals surface area (Å²) in [6.07, 6.45) is 1.80. The molecule has 1 aliphatic rings. The van der Waals surface area contributed by atoms with Gasteiger partial charge in [0.05, 0.1) is 5.56 Å². The average Bonchev–Trinajstić information content (AvgIpc) is 3.16. The molecule has 4 aromatic rings. The lowest BCUT2D eigenvalue weighted by molar-refractivity contribution is 0.101. The molecule has 1 N–H and O–H groups in total. The van der Waals surface area contributed by atoms with Crippen LogP contribution in [-0.4, -0.2) is 15.5 Å². The standard InChI is InChI=1S/C23H17NO3/c1-2-24-18-8-4-3-7-16(18)22-14(6-5-9-19(22)24)12-21-23(26)17-11-10-15(25)13-20(17)27-21/h3-13,25H,2H2,1H3/b21-12-. The van der Waals surface area contributed by atoms with E-state index in [1.54, 1.807) is 12.1 Å². The molecule has 0 saturated carbocycles. The Morgan fingerprint density at radius 2 is 1.85 bits per heavy atom. The number of nitrogens with zero attached hydrogens (tertiary/aromatic N) is 1. The highest BCUT2D eigenvalue weighted by molar-refractivity contribution is 6.17. The molecule has 27 heavy (non-hydrogen) atoms. The minimum atomic E-state index is -0.166. The number of aryl methyl sites for hydroxylation is 1. The highest BCUT2D eigenvalue weighted by Crippen LogP contribution is 2.37. The first-order valence-electron chi connectivity index (χ1n) is 8.94. The number of allylic oxidation sites excluding steroid dienone is 1. The van der Waals surface area contributed by atoms with Gasteiger partial charge in [-0.3, -0.25) is 4.79 Å². The van der Waals surface area contributed by atoms with Crippen molar-refractivity contribution in [2.24, 2.45) is 0 Å². The summed E-state index contributed by atoms with van der Waals surface area (Å²) in [4.78, 5) is 12.7. The number of carbonyl (C=O) groups is 1. The molecule has 2 heterocycles. The number of ether oxygens (including phenoxy) is 1. The van der Waals surface area contributed by atoms with Gasteiger partial charge in [-0.15, -0.1) is 0 Å². The van der Waals surface area contributed by atoms with Crippen LogP contribution < -0.4 is 4.74 Å². The third-order valence-corrected chi connectivity index (χ3v) is 5.09. The number of carbonyl (C=O) groups excluding carboxylic acids is 1. The van der Waals surface area contributed by atoms with Crippen molar-refractivity contribution < 1.29 is 14.6 Å². The maximum Gasteiger partial charge on any atom is 0.231 e. The number of hydrogen-bond acceptors (Lipinski definition) is 3. The van der Waals surface area contributed by atoms with Gasteiger partial charge in [0.1, 0.15) is 11.5 Å². The van der Waals surface area contributed by atoms with Gasteiger partial charge in [0.15, 0.2) is 5.76 Å². The second-order valence-electron chi connectivity index (χ2n) is 6.62. The Morgan fingerprint density at radius 1 is 1.04 bits per heavy atom. The maximum atomic E-state index is 12.7. The van der Waals surface area contributed by atoms with E-state index in [9.17, 15) is 9.90 Å². The molecule has 4 nitrogen and oxygen atoms in total. The Bertz CT molecular complexity index is 1260. The zero-order valence-corrected chi connectivity index (χ0v) is 14.8. The van der Waals surface area contributed by atoms with Gasteiger partial charge in [-0.05, 0) is 42.8 Å². The van der Waals surface area contributed by atoms with Crippen LogP contribution in [-0.2, 0) is 6.54 Å². The van der Waals surface area contributed by atoms with Crippen LogP contribution >= 0.6 is 0 Å². The van der Waals surface area contributed by atoms with Gasteiger partial charge >= 0.3 is 0 Å². The first kappa shape index (κ1) is 15.7. The van der Waals surface area contributed by atoms with Crippen LogP contribution in [0.1, 0.15) is 22.8 Å². The molecule has 0 aliphatic carbocycles. The summed E-state index contributed by atoms with van der Waals surface area (Å²) in [5, 5.41) is 11.9. The molecular weight excluding hydrogens is 338 g/mol. The van der Waals surface area contributed by atoms with Gasteiger partial charge in [-0.25, -0.2) is 0 Å².